The summed E-state index contributed by atoms with van der Waals surface area (Å²) in [6.45, 7) is 6.74. The van der Waals surface area contributed by atoms with Crippen LogP contribution in [0.1, 0.15) is 25.8 Å². The van der Waals surface area contributed by atoms with Crippen molar-refractivity contribution in [3.05, 3.63) is 60.2 Å². The van der Waals surface area contributed by atoms with Gasteiger partial charge in [-0.25, -0.2) is 8.42 Å². The van der Waals surface area contributed by atoms with Gasteiger partial charge in [0.25, 0.3) is 0 Å². The molecular weight excluding hydrogens is 612 g/mol. The van der Waals surface area contributed by atoms with Crippen molar-refractivity contribution in [3.63, 3.8) is 0 Å². The number of amides is 2. The van der Waals surface area contributed by atoms with Gasteiger partial charge in [0.2, 0.25) is 21.8 Å². The molecule has 2 amide bonds. The first kappa shape index (κ1) is 35.8. The van der Waals surface area contributed by atoms with Gasteiger partial charge >= 0.3 is 0 Å². The van der Waals surface area contributed by atoms with E-state index in [1.54, 1.807) is 17.0 Å². The van der Waals surface area contributed by atoms with Crippen LogP contribution in [0.25, 0.3) is 0 Å². The van der Waals surface area contributed by atoms with Gasteiger partial charge in [-0.05, 0) is 48.6 Å². The van der Waals surface area contributed by atoms with Crippen molar-refractivity contribution in [3.8, 4) is 5.75 Å². The molecule has 46 heavy (non-hydrogen) atoms. The normalized spacial score (nSPS) is 18.6. The summed E-state index contributed by atoms with van der Waals surface area (Å²) in [6, 6.07) is 14.7. The molecule has 0 saturated carbocycles. The van der Waals surface area contributed by atoms with Crippen LogP contribution in [0, 0.1) is 5.92 Å². The average Bonchev–Trinajstić information content (AvgIpc) is 3.60. The number of rotatable bonds is 16. The zero-order chi connectivity index (χ0) is 33.1. The Kier molecular flexibility index (Phi) is 13.4. The Labute approximate surface area is 272 Å². The minimum absolute atomic E-state index is 0.0198. The number of benzene rings is 2. The van der Waals surface area contributed by atoms with E-state index in [9.17, 15) is 23.1 Å². The minimum atomic E-state index is -3.97. The minimum Gasteiger partial charge on any atom is -0.497 e. The summed E-state index contributed by atoms with van der Waals surface area (Å²) < 4.78 is 44.9. The van der Waals surface area contributed by atoms with E-state index in [0.29, 0.717) is 51.7 Å². The summed E-state index contributed by atoms with van der Waals surface area (Å²) in [5.41, 5.74) is 0.879. The van der Waals surface area contributed by atoms with Crippen LogP contribution < -0.4 is 10.1 Å². The molecule has 2 saturated heterocycles. The van der Waals surface area contributed by atoms with E-state index in [0.717, 1.165) is 5.56 Å². The standard InChI is InChI=1S/C33H48N4O8S/c1-25(2)20-37(46(41,42)29-11-9-28(43-3)10-12-29)21-31(38)30(19-26-7-5-4-6-8-26)34-32(39)22-36(27-13-16-45-24-27)23-33(40)35-14-17-44-18-15-35/h4-12,25,27,30-31,38H,13-24H2,1-3H3,(H,34,39)/t27-,30+,31-/m1/s1. The lowest BCUT2D eigenvalue weighted by Crippen LogP contribution is -2.55. The van der Waals surface area contributed by atoms with Gasteiger partial charge in [0.1, 0.15) is 5.75 Å². The molecule has 2 heterocycles. The number of sulfonamides is 1. The van der Waals surface area contributed by atoms with Crippen LogP contribution in [0.5, 0.6) is 5.75 Å². The van der Waals surface area contributed by atoms with Crippen molar-refractivity contribution in [1.29, 1.82) is 0 Å². The van der Waals surface area contributed by atoms with Gasteiger partial charge in [0.15, 0.2) is 0 Å². The fraction of sp³-hybridized carbons (Fsp3) is 0.576. The number of aliphatic hydroxyl groups excluding tert-OH is 1. The first-order valence-corrected chi connectivity index (χ1v) is 17.3. The van der Waals surface area contributed by atoms with Crippen LogP contribution >= 0.6 is 0 Å². The Morgan fingerprint density at radius 3 is 2.30 bits per heavy atom. The summed E-state index contributed by atoms with van der Waals surface area (Å²) in [4.78, 5) is 30.4. The molecule has 2 aliphatic heterocycles. The summed E-state index contributed by atoms with van der Waals surface area (Å²) in [7, 11) is -2.46. The van der Waals surface area contributed by atoms with E-state index in [4.69, 9.17) is 14.2 Å². The fourth-order valence-corrected chi connectivity index (χ4v) is 7.33. The number of carbonyl (C=O) groups excluding carboxylic acids is 2. The Balaban J connectivity index is 1.52. The molecule has 0 radical (unpaired) electrons. The van der Waals surface area contributed by atoms with Gasteiger partial charge < -0.3 is 29.5 Å². The van der Waals surface area contributed by atoms with Gasteiger partial charge in [-0.3, -0.25) is 14.5 Å². The first-order valence-electron chi connectivity index (χ1n) is 15.9. The number of morpholine rings is 1. The third kappa shape index (κ3) is 10.2. The van der Waals surface area contributed by atoms with Crippen molar-refractivity contribution in [2.24, 2.45) is 5.92 Å². The van der Waals surface area contributed by atoms with E-state index in [-0.39, 0.29) is 61.3 Å². The van der Waals surface area contributed by atoms with Crippen LogP contribution in [0.2, 0.25) is 0 Å². The SMILES string of the molecule is COc1ccc(S(=O)(=O)N(CC(C)C)C[C@@H](O)[C@H](Cc2ccccc2)NC(=O)CN(CC(=O)N2CCOCC2)[C@@H]2CCOC2)cc1. The monoisotopic (exact) mass is 660 g/mol. The van der Waals surface area contributed by atoms with Gasteiger partial charge in [0.05, 0.1) is 57.1 Å². The molecule has 0 aliphatic carbocycles. The first-order chi connectivity index (χ1) is 22.1. The summed E-state index contributed by atoms with van der Waals surface area (Å²) in [5.74, 6) is 0.0745. The molecule has 0 spiro atoms. The maximum atomic E-state index is 13.8. The van der Waals surface area contributed by atoms with Gasteiger partial charge in [0, 0.05) is 38.8 Å². The van der Waals surface area contributed by atoms with E-state index in [1.165, 1.54) is 23.5 Å². The molecule has 2 aromatic carbocycles. The maximum absolute atomic E-state index is 13.8. The third-order valence-electron chi connectivity index (χ3n) is 8.24. The molecule has 254 valence electrons. The molecule has 0 unspecified atom stereocenters. The van der Waals surface area contributed by atoms with Crippen LogP contribution in [-0.2, 0) is 35.5 Å². The van der Waals surface area contributed by atoms with Crippen LogP contribution in [0.15, 0.2) is 59.5 Å². The highest BCUT2D eigenvalue weighted by Crippen LogP contribution is 2.22. The highest BCUT2D eigenvalue weighted by atomic mass is 32.2. The highest BCUT2D eigenvalue weighted by molar-refractivity contribution is 7.89. The van der Waals surface area contributed by atoms with Crippen molar-refractivity contribution in [1.82, 2.24) is 19.4 Å². The van der Waals surface area contributed by atoms with Gasteiger partial charge in [-0.2, -0.15) is 4.31 Å². The lowest BCUT2D eigenvalue weighted by atomic mass is 10.0. The summed E-state index contributed by atoms with van der Waals surface area (Å²) in [6.07, 6.45) is -0.243. The zero-order valence-electron chi connectivity index (χ0n) is 27.0. The Hall–Kier alpha value is -3.07. The number of carbonyl (C=O) groups is 2. The molecule has 12 nitrogen and oxygen atoms in total. The van der Waals surface area contributed by atoms with Crippen molar-refractivity contribution >= 4 is 21.8 Å². The molecule has 0 bridgehead atoms. The fourth-order valence-electron chi connectivity index (χ4n) is 5.71. The van der Waals surface area contributed by atoms with Gasteiger partial charge in [-0.1, -0.05) is 44.2 Å². The van der Waals surface area contributed by atoms with E-state index < -0.39 is 22.2 Å². The number of aliphatic hydroxyl groups is 1. The number of hydrogen-bond acceptors (Lipinski definition) is 9. The molecular formula is C33H48N4O8S. The number of methoxy groups -OCH3 is 1. The second-order valence-electron chi connectivity index (χ2n) is 12.2. The number of nitrogens with one attached hydrogen (secondary N) is 1. The van der Waals surface area contributed by atoms with Crippen molar-refractivity contribution < 1.29 is 37.3 Å². The number of hydrogen-bond donors (Lipinski definition) is 2. The molecule has 4 rings (SSSR count). The van der Waals surface area contributed by atoms with Crippen LogP contribution in [0.4, 0.5) is 0 Å². The molecule has 2 N–H and O–H groups in total. The molecule has 13 heteroatoms. The van der Waals surface area contributed by atoms with Crippen LogP contribution in [0.3, 0.4) is 0 Å². The average molecular weight is 661 g/mol. The van der Waals surface area contributed by atoms with E-state index in [1.807, 2.05) is 49.1 Å². The molecule has 2 fully saturated rings. The van der Waals surface area contributed by atoms with Crippen LogP contribution in [-0.4, -0.2) is 130 Å². The second kappa shape index (κ2) is 17.2. The molecule has 3 atom stereocenters. The molecule has 0 aromatic heterocycles. The predicted octanol–water partition coefficient (Wildman–Crippen LogP) is 1.38. The Morgan fingerprint density at radius 1 is 1.00 bits per heavy atom. The Morgan fingerprint density at radius 2 is 1.70 bits per heavy atom. The maximum Gasteiger partial charge on any atom is 0.243 e. The smallest absolute Gasteiger partial charge is 0.243 e. The highest BCUT2D eigenvalue weighted by Gasteiger charge is 2.33. The number of nitrogens with zero attached hydrogens (tertiary/aromatic N) is 3. The lowest BCUT2D eigenvalue weighted by molar-refractivity contribution is -0.137. The largest absolute Gasteiger partial charge is 0.497 e. The van der Waals surface area contributed by atoms with Crippen molar-refractivity contribution in [2.75, 3.05) is 72.8 Å². The van der Waals surface area contributed by atoms with E-state index >= 15 is 0 Å². The quantitative estimate of drug-likeness (QED) is 0.274. The topological polar surface area (TPSA) is 138 Å². The Bertz CT molecular complexity index is 1350. The number of ether oxygens (including phenoxy) is 3. The zero-order valence-corrected chi connectivity index (χ0v) is 27.9. The second-order valence-corrected chi connectivity index (χ2v) is 14.2. The predicted molar refractivity (Wildman–Crippen MR) is 173 cm³/mol. The molecule has 2 aliphatic rings. The molecule has 2 aromatic rings. The van der Waals surface area contributed by atoms with Crippen molar-refractivity contribution in [2.45, 2.75) is 49.8 Å². The van der Waals surface area contributed by atoms with Gasteiger partial charge in [-0.15, -0.1) is 0 Å². The third-order valence-corrected chi connectivity index (χ3v) is 10.1. The lowest BCUT2D eigenvalue weighted by Gasteiger charge is -2.33. The summed E-state index contributed by atoms with van der Waals surface area (Å²) >= 11 is 0. The van der Waals surface area contributed by atoms with E-state index in [2.05, 4.69) is 5.32 Å². The summed E-state index contributed by atoms with van der Waals surface area (Å²) in [5, 5.41) is 14.6.